The Hall–Kier alpha value is -1.33. The topological polar surface area (TPSA) is 56.7 Å². The van der Waals surface area contributed by atoms with Crippen LogP contribution in [0.4, 0.5) is 0 Å². The van der Waals surface area contributed by atoms with Crippen molar-refractivity contribution in [2.75, 3.05) is 5.75 Å². The van der Waals surface area contributed by atoms with Crippen molar-refractivity contribution < 1.29 is 0 Å². The van der Waals surface area contributed by atoms with Crippen molar-refractivity contribution in [2.45, 2.75) is 37.4 Å². The van der Waals surface area contributed by atoms with E-state index in [1.165, 1.54) is 5.56 Å². The standard InChI is InChI=1S/C15H22N4S/c1-15(2,3)12-7-5-11(6-8-12)13(16)9-20-14-17-10-18-19(14)4/h5-8,10,13H,9,16H2,1-4H3. The minimum absolute atomic E-state index is 0.00529. The zero-order valence-corrected chi connectivity index (χ0v) is 13.3. The fourth-order valence-corrected chi connectivity index (χ4v) is 2.78. The lowest BCUT2D eigenvalue weighted by molar-refractivity contribution is 0.589. The van der Waals surface area contributed by atoms with Crippen molar-refractivity contribution in [3.05, 3.63) is 41.7 Å². The lowest BCUT2D eigenvalue weighted by Gasteiger charge is -2.20. The van der Waals surface area contributed by atoms with Gasteiger partial charge < -0.3 is 5.73 Å². The molecule has 1 aromatic carbocycles. The van der Waals surface area contributed by atoms with Gasteiger partial charge in [-0.1, -0.05) is 56.8 Å². The van der Waals surface area contributed by atoms with Crippen LogP contribution in [0.25, 0.3) is 0 Å². The van der Waals surface area contributed by atoms with Gasteiger partial charge in [-0.15, -0.1) is 0 Å². The van der Waals surface area contributed by atoms with Gasteiger partial charge in [0.1, 0.15) is 6.33 Å². The number of rotatable bonds is 4. The molecule has 1 unspecified atom stereocenters. The third-order valence-electron chi connectivity index (χ3n) is 3.27. The number of benzene rings is 1. The van der Waals surface area contributed by atoms with Gasteiger partial charge >= 0.3 is 0 Å². The lowest BCUT2D eigenvalue weighted by Crippen LogP contribution is -2.15. The van der Waals surface area contributed by atoms with Gasteiger partial charge in [-0.2, -0.15) is 5.10 Å². The van der Waals surface area contributed by atoms with Gasteiger partial charge in [0.05, 0.1) is 0 Å². The van der Waals surface area contributed by atoms with Crippen LogP contribution in [0.3, 0.4) is 0 Å². The van der Waals surface area contributed by atoms with E-state index in [1.807, 2.05) is 7.05 Å². The largest absolute Gasteiger partial charge is 0.323 e. The Morgan fingerprint density at radius 3 is 2.40 bits per heavy atom. The first kappa shape index (κ1) is 15.1. The van der Waals surface area contributed by atoms with Crippen LogP contribution in [0.1, 0.15) is 37.9 Å². The van der Waals surface area contributed by atoms with Crippen molar-refractivity contribution in [2.24, 2.45) is 12.8 Å². The molecule has 108 valence electrons. The molecule has 0 saturated carbocycles. The van der Waals surface area contributed by atoms with Crippen LogP contribution in [0, 0.1) is 0 Å². The third-order valence-corrected chi connectivity index (χ3v) is 4.42. The maximum Gasteiger partial charge on any atom is 0.185 e. The Kier molecular flexibility index (Phi) is 4.50. The number of aryl methyl sites for hydroxylation is 1. The molecule has 5 heteroatoms. The molecule has 1 atom stereocenters. The number of aromatic nitrogens is 3. The van der Waals surface area contributed by atoms with Crippen LogP contribution in [-0.4, -0.2) is 20.5 Å². The number of hydrogen-bond donors (Lipinski definition) is 1. The quantitative estimate of drug-likeness (QED) is 0.880. The summed E-state index contributed by atoms with van der Waals surface area (Å²) in [4.78, 5) is 4.19. The van der Waals surface area contributed by atoms with Crippen LogP contribution >= 0.6 is 11.8 Å². The summed E-state index contributed by atoms with van der Waals surface area (Å²) in [5.74, 6) is 0.793. The molecule has 0 fully saturated rings. The van der Waals surface area contributed by atoms with Crippen molar-refractivity contribution in [1.29, 1.82) is 0 Å². The molecule has 1 aromatic heterocycles. The Balaban J connectivity index is 1.99. The molecular formula is C15H22N4S. The van der Waals surface area contributed by atoms with E-state index >= 15 is 0 Å². The van der Waals surface area contributed by atoms with Crippen LogP contribution in [0.15, 0.2) is 35.7 Å². The first-order valence-corrected chi connectivity index (χ1v) is 7.69. The smallest absolute Gasteiger partial charge is 0.185 e. The number of nitrogens with two attached hydrogens (primary N) is 1. The van der Waals surface area contributed by atoms with Crippen molar-refractivity contribution >= 4 is 11.8 Å². The molecule has 20 heavy (non-hydrogen) atoms. The lowest BCUT2D eigenvalue weighted by atomic mass is 9.86. The van der Waals surface area contributed by atoms with Crippen molar-refractivity contribution in [3.8, 4) is 0 Å². The molecule has 2 N–H and O–H groups in total. The molecule has 0 aliphatic carbocycles. The maximum atomic E-state index is 6.24. The minimum atomic E-state index is 0.00529. The average Bonchev–Trinajstić information content (AvgIpc) is 2.81. The normalized spacial score (nSPS) is 13.4. The van der Waals surface area contributed by atoms with Gasteiger partial charge in [-0.05, 0) is 16.5 Å². The Morgan fingerprint density at radius 2 is 1.90 bits per heavy atom. The number of nitrogens with zero attached hydrogens (tertiary/aromatic N) is 3. The van der Waals surface area contributed by atoms with E-state index in [1.54, 1.807) is 22.8 Å². The highest BCUT2D eigenvalue weighted by Crippen LogP contribution is 2.25. The second-order valence-corrected chi connectivity index (χ2v) is 6.94. The van der Waals surface area contributed by atoms with E-state index in [4.69, 9.17) is 5.73 Å². The Morgan fingerprint density at radius 1 is 1.25 bits per heavy atom. The van der Waals surface area contributed by atoms with E-state index in [9.17, 15) is 0 Å². The third kappa shape index (κ3) is 3.61. The zero-order chi connectivity index (χ0) is 14.8. The van der Waals surface area contributed by atoms with E-state index in [0.29, 0.717) is 0 Å². The second kappa shape index (κ2) is 5.97. The van der Waals surface area contributed by atoms with E-state index in [0.717, 1.165) is 16.5 Å². The Bertz CT molecular complexity index is 554. The van der Waals surface area contributed by atoms with E-state index in [2.05, 4.69) is 55.1 Å². The van der Waals surface area contributed by atoms with Crippen LogP contribution in [-0.2, 0) is 12.5 Å². The van der Waals surface area contributed by atoms with Gasteiger partial charge in [-0.3, -0.25) is 0 Å². The molecule has 2 aromatic rings. The van der Waals surface area contributed by atoms with Crippen LogP contribution in [0.5, 0.6) is 0 Å². The van der Waals surface area contributed by atoms with Gasteiger partial charge in [0.2, 0.25) is 0 Å². The minimum Gasteiger partial charge on any atom is -0.323 e. The van der Waals surface area contributed by atoms with E-state index < -0.39 is 0 Å². The summed E-state index contributed by atoms with van der Waals surface area (Å²) in [6.45, 7) is 6.64. The molecule has 0 spiro atoms. The van der Waals surface area contributed by atoms with Crippen LogP contribution < -0.4 is 5.73 Å². The predicted octanol–water partition coefficient (Wildman–Crippen LogP) is 2.90. The maximum absolute atomic E-state index is 6.24. The molecule has 0 radical (unpaired) electrons. The summed E-state index contributed by atoms with van der Waals surface area (Å²) in [6.07, 6.45) is 1.56. The van der Waals surface area contributed by atoms with Gasteiger partial charge in [0, 0.05) is 18.8 Å². The highest BCUT2D eigenvalue weighted by Gasteiger charge is 2.14. The molecule has 0 saturated heterocycles. The molecule has 0 aliphatic rings. The SMILES string of the molecule is Cn1ncnc1SCC(N)c1ccc(C(C)(C)C)cc1. The molecular weight excluding hydrogens is 268 g/mol. The van der Waals surface area contributed by atoms with Gasteiger partial charge in [0.15, 0.2) is 5.16 Å². The molecule has 0 bridgehead atoms. The number of hydrogen-bond acceptors (Lipinski definition) is 4. The summed E-state index contributed by atoms with van der Waals surface area (Å²) in [5, 5.41) is 4.94. The van der Waals surface area contributed by atoms with Gasteiger partial charge in [0.25, 0.3) is 0 Å². The van der Waals surface area contributed by atoms with Crippen molar-refractivity contribution in [3.63, 3.8) is 0 Å². The highest BCUT2D eigenvalue weighted by molar-refractivity contribution is 7.99. The predicted molar refractivity (Wildman–Crippen MR) is 83.8 cm³/mol. The molecule has 2 rings (SSSR count). The first-order valence-electron chi connectivity index (χ1n) is 6.71. The number of thioether (sulfide) groups is 1. The molecule has 1 heterocycles. The fourth-order valence-electron chi connectivity index (χ4n) is 1.91. The van der Waals surface area contributed by atoms with Crippen molar-refractivity contribution in [1.82, 2.24) is 14.8 Å². The Labute approximate surface area is 124 Å². The average molecular weight is 290 g/mol. The zero-order valence-electron chi connectivity index (χ0n) is 12.5. The van der Waals surface area contributed by atoms with Gasteiger partial charge in [-0.25, -0.2) is 9.67 Å². The molecule has 0 amide bonds. The summed E-state index contributed by atoms with van der Waals surface area (Å²) in [5.41, 5.74) is 8.91. The monoisotopic (exact) mass is 290 g/mol. The summed E-state index contributed by atoms with van der Waals surface area (Å²) < 4.78 is 1.76. The second-order valence-electron chi connectivity index (χ2n) is 5.96. The van der Waals surface area contributed by atoms with Crippen LogP contribution in [0.2, 0.25) is 0 Å². The molecule has 4 nitrogen and oxygen atoms in total. The summed E-state index contributed by atoms with van der Waals surface area (Å²) in [6, 6.07) is 8.60. The summed E-state index contributed by atoms with van der Waals surface area (Å²) in [7, 11) is 1.89. The molecule has 0 aliphatic heterocycles. The summed E-state index contributed by atoms with van der Waals surface area (Å²) >= 11 is 1.63. The highest BCUT2D eigenvalue weighted by atomic mass is 32.2. The fraction of sp³-hybridized carbons (Fsp3) is 0.467. The van der Waals surface area contributed by atoms with E-state index in [-0.39, 0.29) is 11.5 Å². The first-order chi connectivity index (χ1) is 9.38.